The van der Waals surface area contributed by atoms with Crippen LogP contribution in [0.15, 0.2) is 36.4 Å². The Labute approximate surface area is 110 Å². The van der Waals surface area contributed by atoms with Crippen molar-refractivity contribution >= 4 is 17.0 Å². The van der Waals surface area contributed by atoms with Gasteiger partial charge in [0.25, 0.3) is 0 Å². The molecule has 0 radical (unpaired) electrons. The van der Waals surface area contributed by atoms with Crippen molar-refractivity contribution in [1.82, 2.24) is 9.55 Å². The van der Waals surface area contributed by atoms with Crippen LogP contribution >= 0.6 is 0 Å². The number of hydrogen-bond donors (Lipinski definition) is 1. The van der Waals surface area contributed by atoms with Gasteiger partial charge in [-0.1, -0.05) is 18.2 Å². The molecule has 3 aromatic rings. The number of nitrogens with zero attached hydrogens (tertiary/aromatic N) is 2. The van der Waals surface area contributed by atoms with E-state index in [1.807, 2.05) is 32.0 Å². The van der Waals surface area contributed by atoms with Crippen LogP contribution in [-0.4, -0.2) is 9.55 Å². The van der Waals surface area contributed by atoms with Gasteiger partial charge in [-0.05, 0) is 43.2 Å². The van der Waals surface area contributed by atoms with E-state index in [4.69, 9.17) is 5.73 Å². The lowest BCUT2D eigenvalue weighted by Crippen LogP contribution is -2.04. The Hall–Kier alpha value is -2.36. The van der Waals surface area contributed by atoms with Gasteiger partial charge in [0.2, 0.25) is 5.95 Å². The van der Waals surface area contributed by atoms with E-state index in [0.29, 0.717) is 11.6 Å². The van der Waals surface area contributed by atoms with Crippen molar-refractivity contribution < 1.29 is 4.39 Å². The lowest BCUT2D eigenvalue weighted by molar-refractivity contribution is 0.619. The Morgan fingerprint density at radius 1 is 1.16 bits per heavy atom. The first kappa shape index (κ1) is 11.7. The Kier molecular flexibility index (Phi) is 2.52. The number of hydrogen-bond acceptors (Lipinski definition) is 2. The average molecular weight is 255 g/mol. The van der Waals surface area contributed by atoms with Crippen LogP contribution in [0.5, 0.6) is 0 Å². The van der Waals surface area contributed by atoms with Crippen molar-refractivity contribution in [3.05, 3.63) is 53.3 Å². The summed E-state index contributed by atoms with van der Waals surface area (Å²) >= 11 is 0. The molecule has 3 nitrogen and oxygen atoms in total. The lowest BCUT2D eigenvalue weighted by Gasteiger charge is -2.10. The van der Waals surface area contributed by atoms with Crippen LogP contribution in [0.3, 0.4) is 0 Å². The fourth-order valence-electron chi connectivity index (χ4n) is 2.35. The molecular weight excluding hydrogens is 241 g/mol. The smallest absolute Gasteiger partial charge is 0.206 e. The van der Waals surface area contributed by atoms with E-state index < -0.39 is 0 Å². The fourth-order valence-corrected chi connectivity index (χ4v) is 2.35. The predicted octanol–water partition coefficient (Wildman–Crippen LogP) is 3.36. The van der Waals surface area contributed by atoms with Crippen LogP contribution < -0.4 is 5.73 Å². The number of fused-ring (bicyclic) bond motifs is 1. The second kappa shape index (κ2) is 4.09. The van der Waals surface area contributed by atoms with Crippen molar-refractivity contribution in [2.45, 2.75) is 13.8 Å². The second-order valence-electron chi connectivity index (χ2n) is 4.70. The molecule has 0 atom stereocenters. The summed E-state index contributed by atoms with van der Waals surface area (Å²) in [6, 6.07) is 10.7. The van der Waals surface area contributed by atoms with Gasteiger partial charge in [-0.3, -0.25) is 4.57 Å². The minimum absolute atomic E-state index is 0.300. The largest absolute Gasteiger partial charge is 0.369 e. The monoisotopic (exact) mass is 255 g/mol. The molecular formula is C15H14FN3. The highest BCUT2D eigenvalue weighted by atomic mass is 19.1. The summed E-state index contributed by atoms with van der Waals surface area (Å²) < 4.78 is 15.7. The van der Waals surface area contributed by atoms with E-state index in [1.54, 1.807) is 16.7 Å². The molecule has 0 spiro atoms. The number of para-hydroxylation sites is 1. The normalized spacial score (nSPS) is 11.1. The molecule has 0 aliphatic heterocycles. The van der Waals surface area contributed by atoms with Gasteiger partial charge in [-0.25, -0.2) is 9.37 Å². The highest BCUT2D eigenvalue weighted by molar-refractivity contribution is 5.83. The summed E-state index contributed by atoms with van der Waals surface area (Å²) in [6.45, 7) is 3.89. The van der Waals surface area contributed by atoms with Crippen LogP contribution in [-0.2, 0) is 0 Å². The zero-order valence-corrected chi connectivity index (χ0v) is 10.8. The van der Waals surface area contributed by atoms with E-state index in [2.05, 4.69) is 4.98 Å². The maximum Gasteiger partial charge on any atom is 0.206 e. The van der Waals surface area contributed by atoms with Crippen molar-refractivity contribution in [3.8, 4) is 5.69 Å². The van der Waals surface area contributed by atoms with Gasteiger partial charge in [0.15, 0.2) is 0 Å². The third kappa shape index (κ3) is 1.76. The molecule has 19 heavy (non-hydrogen) atoms. The van der Waals surface area contributed by atoms with Gasteiger partial charge in [-0.2, -0.15) is 0 Å². The lowest BCUT2D eigenvalue weighted by atomic mass is 10.1. The number of aromatic nitrogens is 2. The van der Waals surface area contributed by atoms with Gasteiger partial charge in [0.1, 0.15) is 5.82 Å². The van der Waals surface area contributed by atoms with Crippen LogP contribution in [0.1, 0.15) is 11.1 Å². The Morgan fingerprint density at radius 3 is 2.74 bits per heavy atom. The fraction of sp³-hybridized carbons (Fsp3) is 0.133. The minimum atomic E-state index is -0.306. The second-order valence-corrected chi connectivity index (χ2v) is 4.70. The molecule has 4 heteroatoms. The van der Waals surface area contributed by atoms with Gasteiger partial charge in [-0.15, -0.1) is 0 Å². The Balaban J connectivity index is 2.42. The number of benzene rings is 2. The first-order valence-corrected chi connectivity index (χ1v) is 6.08. The van der Waals surface area contributed by atoms with Gasteiger partial charge >= 0.3 is 0 Å². The van der Waals surface area contributed by atoms with Crippen LogP contribution in [0, 0.1) is 19.7 Å². The predicted molar refractivity (Wildman–Crippen MR) is 74.9 cm³/mol. The number of nitrogen functional groups attached to an aromatic ring is 1. The van der Waals surface area contributed by atoms with Crippen molar-refractivity contribution in [1.29, 1.82) is 0 Å². The summed E-state index contributed by atoms with van der Waals surface area (Å²) in [5.41, 5.74) is 10.0. The van der Waals surface area contributed by atoms with Crippen molar-refractivity contribution in [3.63, 3.8) is 0 Å². The summed E-state index contributed by atoms with van der Waals surface area (Å²) in [5.74, 6) is -0.00588. The van der Waals surface area contributed by atoms with Gasteiger partial charge in [0.05, 0.1) is 16.7 Å². The highest BCUT2D eigenvalue weighted by Crippen LogP contribution is 2.27. The number of halogens is 1. The zero-order chi connectivity index (χ0) is 13.6. The number of aryl methyl sites for hydroxylation is 2. The molecule has 0 fully saturated rings. The molecule has 3 rings (SSSR count). The summed E-state index contributed by atoms with van der Waals surface area (Å²) in [5, 5.41) is 0. The first-order valence-electron chi connectivity index (χ1n) is 6.08. The topological polar surface area (TPSA) is 43.8 Å². The Morgan fingerprint density at radius 2 is 1.95 bits per heavy atom. The molecule has 0 unspecified atom stereocenters. The van der Waals surface area contributed by atoms with E-state index in [1.165, 1.54) is 6.07 Å². The number of rotatable bonds is 1. The van der Waals surface area contributed by atoms with E-state index in [0.717, 1.165) is 22.2 Å². The third-order valence-corrected chi connectivity index (χ3v) is 3.25. The van der Waals surface area contributed by atoms with Crippen molar-refractivity contribution in [2.24, 2.45) is 0 Å². The zero-order valence-electron chi connectivity index (χ0n) is 10.8. The molecule has 2 aromatic carbocycles. The van der Waals surface area contributed by atoms with Gasteiger partial charge in [0, 0.05) is 0 Å². The summed E-state index contributed by atoms with van der Waals surface area (Å²) in [4.78, 5) is 4.30. The van der Waals surface area contributed by atoms with E-state index >= 15 is 0 Å². The van der Waals surface area contributed by atoms with Crippen molar-refractivity contribution in [2.75, 3.05) is 5.73 Å². The number of nitrogens with two attached hydrogens (primary N) is 1. The molecule has 0 aliphatic rings. The van der Waals surface area contributed by atoms with E-state index in [9.17, 15) is 4.39 Å². The minimum Gasteiger partial charge on any atom is -0.369 e. The molecule has 1 heterocycles. The SMILES string of the molecule is Cc1ccc(F)c(-n2c(N)nc3cccc(C)c32)c1. The van der Waals surface area contributed by atoms with E-state index in [-0.39, 0.29) is 5.82 Å². The number of anilines is 1. The van der Waals surface area contributed by atoms with Crippen LogP contribution in [0.4, 0.5) is 10.3 Å². The standard InChI is InChI=1S/C15H14FN3/c1-9-6-7-11(16)13(8-9)19-14-10(2)4-3-5-12(14)18-15(19)17/h3-8H,1-2H3,(H2,17,18). The highest BCUT2D eigenvalue weighted by Gasteiger charge is 2.14. The quantitative estimate of drug-likeness (QED) is 0.724. The maximum atomic E-state index is 14.1. The summed E-state index contributed by atoms with van der Waals surface area (Å²) in [6.07, 6.45) is 0. The van der Waals surface area contributed by atoms with Gasteiger partial charge < -0.3 is 5.73 Å². The molecule has 0 saturated heterocycles. The molecule has 0 bridgehead atoms. The summed E-state index contributed by atoms with van der Waals surface area (Å²) in [7, 11) is 0. The maximum absolute atomic E-state index is 14.1. The molecule has 2 N–H and O–H groups in total. The molecule has 96 valence electrons. The molecule has 0 aliphatic carbocycles. The Bertz CT molecular complexity index is 774. The molecule has 0 saturated carbocycles. The van der Waals surface area contributed by atoms with Crippen LogP contribution in [0.25, 0.3) is 16.7 Å². The average Bonchev–Trinajstić information content (AvgIpc) is 2.70. The number of imidazole rings is 1. The molecule has 1 aromatic heterocycles. The van der Waals surface area contributed by atoms with Crippen LogP contribution in [0.2, 0.25) is 0 Å². The molecule has 0 amide bonds. The first-order chi connectivity index (χ1) is 9.08. The third-order valence-electron chi connectivity index (χ3n) is 3.25.